The third kappa shape index (κ3) is 2.21. The van der Waals surface area contributed by atoms with Gasteiger partial charge in [0.25, 0.3) is 0 Å². The number of nitrogens with zero attached hydrogens (tertiary/aromatic N) is 1. The molecule has 0 radical (unpaired) electrons. The molecular weight excluding hydrogens is 330 g/mol. The van der Waals surface area contributed by atoms with Gasteiger partial charge < -0.3 is 4.90 Å². The molecule has 2 atom stereocenters. The van der Waals surface area contributed by atoms with E-state index in [2.05, 4.69) is 15.9 Å². The molecule has 2 heterocycles. The Balaban J connectivity index is 2.02. The highest BCUT2D eigenvalue weighted by atomic mass is 79.9. The first-order chi connectivity index (χ1) is 8.87. The lowest BCUT2D eigenvalue weighted by Gasteiger charge is -2.24. The summed E-state index contributed by atoms with van der Waals surface area (Å²) < 4.78 is 24.3. The second-order valence-corrected chi connectivity index (χ2v) is 8.34. The Kier molecular flexibility index (Phi) is 2.98. The van der Waals surface area contributed by atoms with Crippen molar-refractivity contribution in [2.45, 2.75) is 19.4 Å². The van der Waals surface area contributed by atoms with Gasteiger partial charge >= 0.3 is 0 Å². The van der Waals surface area contributed by atoms with Crippen molar-refractivity contribution >= 4 is 37.4 Å². The number of amides is 1. The Bertz CT molecular complexity index is 656. The highest BCUT2D eigenvalue weighted by Crippen LogP contribution is 2.40. The molecule has 0 aliphatic carbocycles. The summed E-state index contributed by atoms with van der Waals surface area (Å²) in [6, 6.07) is 5.56. The van der Waals surface area contributed by atoms with E-state index in [0.717, 1.165) is 15.7 Å². The quantitative estimate of drug-likeness (QED) is 0.782. The number of carbonyl (C=O) groups is 1. The fourth-order valence-corrected chi connectivity index (χ4v) is 5.76. The largest absolute Gasteiger partial charge is 0.307 e. The van der Waals surface area contributed by atoms with E-state index in [-0.39, 0.29) is 29.4 Å². The van der Waals surface area contributed by atoms with E-state index in [1.54, 1.807) is 4.90 Å². The summed E-state index contributed by atoms with van der Waals surface area (Å²) in [4.78, 5) is 13.8. The smallest absolute Gasteiger partial charge is 0.227 e. The molecule has 0 aromatic heterocycles. The van der Waals surface area contributed by atoms with Gasteiger partial charge in [-0.25, -0.2) is 8.42 Å². The van der Waals surface area contributed by atoms with E-state index in [0.29, 0.717) is 6.42 Å². The van der Waals surface area contributed by atoms with Crippen molar-refractivity contribution in [2.75, 3.05) is 16.4 Å². The second kappa shape index (κ2) is 4.31. The number of anilines is 1. The van der Waals surface area contributed by atoms with Crippen LogP contribution in [0.3, 0.4) is 0 Å². The minimum absolute atomic E-state index is 0.0226. The van der Waals surface area contributed by atoms with Crippen LogP contribution < -0.4 is 4.90 Å². The van der Waals surface area contributed by atoms with Crippen molar-refractivity contribution in [1.82, 2.24) is 0 Å². The molecule has 0 N–H and O–H groups in total. The zero-order chi connectivity index (χ0) is 13.8. The predicted molar refractivity (Wildman–Crippen MR) is 76.9 cm³/mol. The molecule has 1 amide bonds. The van der Waals surface area contributed by atoms with Crippen LogP contribution in [-0.4, -0.2) is 31.9 Å². The third-order valence-corrected chi connectivity index (χ3v) is 6.26. The van der Waals surface area contributed by atoms with Crippen molar-refractivity contribution in [3.63, 3.8) is 0 Å². The summed E-state index contributed by atoms with van der Waals surface area (Å²) in [5.74, 6) is 0.202. The highest BCUT2D eigenvalue weighted by Gasteiger charge is 2.49. The van der Waals surface area contributed by atoms with Crippen LogP contribution in [-0.2, 0) is 14.6 Å². The Morgan fingerprint density at radius 3 is 2.74 bits per heavy atom. The van der Waals surface area contributed by atoms with Gasteiger partial charge in [-0.15, -0.1) is 0 Å². The lowest BCUT2D eigenvalue weighted by molar-refractivity contribution is -0.117. The molecule has 102 valence electrons. The van der Waals surface area contributed by atoms with Crippen molar-refractivity contribution < 1.29 is 13.2 Å². The molecule has 0 unspecified atom stereocenters. The molecule has 19 heavy (non-hydrogen) atoms. The molecule has 1 aromatic carbocycles. The SMILES string of the molecule is Cc1ccc(N2C(=O)C[C@H]3CS(=O)(=O)C[C@H]32)c(Br)c1. The standard InChI is InChI=1S/C13H14BrNO3S/c1-8-2-3-11(10(14)4-8)15-12-7-19(17,18)6-9(12)5-13(15)16/h2-4,9,12H,5-7H2,1H3/t9-,12+/m0/s1. The Labute approximate surface area is 120 Å². The number of halogens is 1. The fraction of sp³-hybridized carbons (Fsp3) is 0.462. The number of carbonyl (C=O) groups excluding carboxylic acids is 1. The number of benzene rings is 1. The molecule has 0 bridgehead atoms. The van der Waals surface area contributed by atoms with E-state index < -0.39 is 9.84 Å². The van der Waals surface area contributed by atoms with E-state index in [1.807, 2.05) is 25.1 Å². The van der Waals surface area contributed by atoms with E-state index in [1.165, 1.54) is 0 Å². The van der Waals surface area contributed by atoms with Crippen LogP contribution in [0.5, 0.6) is 0 Å². The number of hydrogen-bond donors (Lipinski definition) is 0. The van der Waals surface area contributed by atoms with Crippen LogP contribution in [0.4, 0.5) is 5.69 Å². The van der Waals surface area contributed by atoms with Gasteiger partial charge in [0.05, 0.1) is 23.2 Å². The summed E-state index contributed by atoms with van der Waals surface area (Å²) in [6.07, 6.45) is 0.338. The maximum absolute atomic E-state index is 12.1. The molecule has 2 saturated heterocycles. The summed E-state index contributed by atoms with van der Waals surface area (Å²) in [5, 5.41) is 0. The monoisotopic (exact) mass is 343 g/mol. The Morgan fingerprint density at radius 2 is 2.05 bits per heavy atom. The zero-order valence-corrected chi connectivity index (χ0v) is 12.9. The minimum Gasteiger partial charge on any atom is -0.307 e. The molecule has 6 heteroatoms. The van der Waals surface area contributed by atoms with Gasteiger partial charge in [-0.05, 0) is 40.5 Å². The van der Waals surface area contributed by atoms with Crippen molar-refractivity contribution in [3.05, 3.63) is 28.2 Å². The summed E-state index contributed by atoms with van der Waals surface area (Å²) in [6.45, 7) is 1.98. The van der Waals surface area contributed by atoms with Crippen LogP contribution in [0.15, 0.2) is 22.7 Å². The van der Waals surface area contributed by atoms with Crippen molar-refractivity contribution in [2.24, 2.45) is 5.92 Å². The number of aryl methyl sites for hydroxylation is 1. The molecule has 2 fully saturated rings. The van der Waals surface area contributed by atoms with Gasteiger partial charge in [0, 0.05) is 16.8 Å². The predicted octanol–water partition coefficient (Wildman–Crippen LogP) is 1.91. The van der Waals surface area contributed by atoms with Gasteiger partial charge in [-0.1, -0.05) is 6.07 Å². The molecule has 2 aliphatic heterocycles. The average Bonchev–Trinajstić information content (AvgIpc) is 2.70. The maximum atomic E-state index is 12.1. The lowest BCUT2D eigenvalue weighted by Crippen LogP contribution is -2.36. The molecule has 0 spiro atoms. The van der Waals surface area contributed by atoms with E-state index in [9.17, 15) is 13.2 Å². The van der Waals surface area contributed by atoms with Crippen LogP contribution >= 0.6 is 15.9 Å². The van der Waals surface area contributed by atoms with Gasteiger partial charge in [0.2, 0.25) is 5.91 Å². The number of hydrogen-bond acceptors (Lipinski definition) is 3. The normalized spacial score (nSPS) is 28.7. The van der Waals surface area contributed by atoms with E-state index in [4.69, 9.17) is 0 Å². The van der Waals surface area contributed by atoms with Crippen LogP contribution in [0.25, 0.3) is 0 Å². The van der Waals surface area contributed by atoms with Crippen LogP contribution in [0.2, 0.25) is 0 Å². The lowest BCUT2D eigenvalue weighted by atomic mass is 10.0. The molecule has 1 aromatic rings. The summed E-state index contributed by atoms with van der Waals surface area (Å²) in [5.41, 5.74) is 1.87. The molecule has 4 nitrogen and oxygen atoms in total. The fourth-order valence-electron chi connectivity index (χ4n) is 3.01. The minimum atomic E-state index is -3.00. The molecule has 0 saturated carbocycles. The topological polar surface area (TPSA) is 54.5 Å². The van der Waals surface area contributed by atoms with Gasteiger partial charge in [0.1, 0.15) is 0 Å². The maximum Gasteiger partial charge on any atom is 0.227 e. The van der Waals surface area contributed by atoms with Gasteiger partial charge in [0.15, 0.2) is 9.84 Å². The molecule has 3 rings (SSSR count). The zero-order valence-electron chi connectivity index (χ0n) is 10.5. The Morgan fingerprint density at radius 1 is 1.32 bits per heavy atom. The van der Waals surface area contributed by atoms with Crippen LogP contribution in [0.1, 0.15) is 12.0 Å². The third-order valence-electron chi connectivity index (χ3n) is 3.84. The highest BCUT2D eigenvalue weighted by molar-refractivity contribution is 9.10. The van der Waals surface area contributed by atoms with Crippen molar-refractivity contribution in [1.29, 1.82) is 0 Å². The van der Waals surface area contributed by atoms with Crippen molar-refractivity contribution in [3.8, 4) is 0 Å². The first kappa shape index (κ1) is 13.1. The second-order valence-electron chi connectivity index (χ2n) is 5.33. The average molecular weight is 344 g/mol. The summed E-state index contributed by atoms with van der Waals surface area (Å²) >= 11 is 3.47. The van der Waals surface area contributed by atoms with E-state index >= 15 is 0 Å². The van der Waals surface area contributed by atoms with Gasteiger partial charge in [-0.3, -0.25) is 4.79 Å². The number of fused-ring (bicyclic) bond motifs is 1. The van der Waals surface area contributed by atoms with Gasteiger partial charge in [-0.2, -0.15) is 0 Å². The van der Waals surface area contributed by atoms with Crippen LogP contribution in [0, 0.1) is 12.8 Å². The Hall–Kier alpha value is -0.880. The number of rotatable bonds is 1. The first-order valence-corrected chi connectivity index (χ1v) is 8.77. The molecular formula is C13H14BrNO3S. The first-order valence-electron chi connectivity index (χ1n) is 6.16. The molecule has 2 aliphatic rings. The number of sulfone groups is 1. The summed E-state index contributed by atoms with van der Waals surface area (Å²) in [7, 11) is -3.00.